The molecule has 0 aromatic heterocycles. The maximum Gasteiger partial charge on any atom is 0.319 e. The third-order valence-corrected chi connectivity index (χ3v) is 3.38. The molecule has 0 fully saturated rings. The first-order valence-corrected chi connectivity index (χ1v) is 7.82. The molecule has 3 N–H and O–H groups in total. The highest BCUT2D eigenvalue weighted by Gasteiger charge is 2.10. The van der Waals surface area contributed by atoms with Crippen molar-refractivity contribution in [1.29, 1.82) is 0 Å². The zero-order valence-corrected chi connectivity index (χ0v) is 14.1. The third-order valence-electron chi connectivity index (χ3n) is 3.38. The molecular formula is C18H20FN3O3. The van der Waals surface area contributed by atoms with Gasteiger partial charge in [-0.2, -0.15) is 0 Å². The number of halogens is 1. The quantitative estimate of drug-likeness (QED) is 0.752. The number of nitrogens with one attached hydrogen (secondary N) is 3. The van der Waals surface area contributed by atoms with Crippen molar-refractivity contribution in [2.75, 3.05) is 23.8 Å². The van der Waals surface area contributed by atoms with Crippen LogP contribution >= 0.6 is 0 Å². The summed E-state index contributed by atoms with van der Waals surface area (Å²) in [6, 6.07) is 10.3. The van der Waals surface area contributed by atoms with Crippen molar-refractivity contribution < 1.29 is 18.7 Å². The monoisotopic (exact) mass is 345 g/mol. The standard InChI is InChI=1S/C18H20FN3O3/c1-3-20-18(24)22-16-6-4-5-15(12(16)2)21-17(23)11-25-14-9-7-13(19)8-10-14/h4-10H,3,11H2,1-2H3,(H,21,23)(H2,20,22,24). The van der Waals surface area contributed by atoms with E-state index in [1.165, 1.54) is 24.3 Å². The second-order valence-corrected chi connectivity index (χ2v) is 5.25. The molecule has 0 atom stereocenters. The van der Waals surface area contributed by atoms with Gasteiger partial charge in [0.2, 0.25) is 0 Å². The fourth-order valence-electron chi connectivity index (χ4n) is 2.10. The summed E-state index contributed by atoms with van der Waals surface area (Å²) >= 11 is 0. The Morgan fingerprint density at radius 1 is 1.04 bits per heavy atom. The van der Waals surface area contributed by atoms with Gasteiger partial charge in [0.1, 0.15) is 11.6 Å². The fraction of sp³-hybridized carbons (Fsp3) is 0.222. The minimum atomic E-state index is -0.371. The molecule has 0 aliphatic carbocycles. The Labute approximate surface area is 145 Å². The normalized spacial score (nSPS) is 10.0. The summed E-state index contributed by atoms with van der Waals surface area (Å²) in [6.07, 6.45) is 0. The van der Waals surface area contributed by atoms with Crippen LogP contribution in [0.15, 0.2) is 42.5 Å². The van der Waals surface area contributed by atoms with Crippen molar-refractivity contribution >= 4 is 23.3 Å². The van der Waals surface area contributed by atoms with E-state index < -0.39 is 0 Å². The lowest BCUT2D eigenvalue weighted by molar-refractivity contribution is -0.118. The number of hydrogen-bond donors (Lipinski definition) is 3. The molecule has 6 nitrogen and oxygen atoms in total. The van der Waals surface area contributed by atoms with Gasteiger partial charge in [-0.15, -0.1) is 0 Å². The highest BCUT2D eigenvalue weighted by Crippen LogP contribution is 2.23. The van der Waals surface area contributed by atoms with Gasteiger partial charge in [-0.05, 0) is 55.8 Å². The van der Waals surface area contributed by atoms with E-state index in [0.717, 1.165) is 5.56 Å². The minimum Gasteiger partial charge on any atom is -0.484 e. The summed E-state index contributed by atoms with van der Waals surface area (Å²) in [5.74, 6) is -0.327. The zero-order valence-electron chi connectivity index (χ0n) is 14.1. The predicted octanol–water partition coefficient (Wildman–Crippen LogP) is 3.29. The van der Waals surface area contributed by atoms with Crippen LogP contribution < -0.4 is 20.7 Å². The number of urea groups is 1. The number of benzene rings is 2. The average Bonchev–Trinajstić information content (AvgIpc) is 2.58. The van der Waals surface area contributed by atoms with Crippen molar-refractivity contribution in [3.8, 4) is 5.75 Å². The van der Waals surface area contributed by atoms with Gasteiger partial charge in [0.25, 0.3) is 5.91 Å². The van der Waals surface area contributed by atoms with Crippen LogP contribution in [-0.2, 0) is 4.79 Å². The van der Waals surface area contributed by atoms with Crippen LogP contribution in [0.4, 0.5) is 20.6 Å². The molecule has 0 heterocycles. The molecule has 0 aliphatic rings. The SMILES string of the molecule is CCNC(=O)Nc1cccc(NC(=O)COc2ccc(F)cc2)c1C. The molecule has 7 heteroatoms. The number of amides is 3. The molecule has 2 rings (SSSR count). The third kappa shape index (κ3) is 5.49. The number of hydrogen-bond acceptors (Lipinski definition) is 3. The minimum absolute atomic E-state index is 0.209. The van der Waals surface area contributed by atoms with E-state index >= 15 is 0 Å². The molecule has 0 saturated heterocycles. The van der Waals surface area contributed by atoms with Crippen LogP contribution in [0.3, 0.4) is 0 Å². The molecule has 0 spiro atoms. The molecule has 0 unspecified atom stereocenters. The zero-order chi connectivity index (χ0) is 18.2. The van der Waals surface area contributed by atoms with Crippen LogP contribution in [0.5, 0.6) is 5.75 Å². The molecule has 132 valence electrons. The van der Waals surface area contributed by atoms with Gasteiger partial charge >= 0.3 is 6.03 Å². The molecule has 0 aliphatic heterocycles. The van der Waals surface area contributed by atoms with Gasteiger partial charge in [-0.1, -0.05) is 6.07 Å². The second-order valence-electron chi connectivity index (χ2n) is 5.25. The predicted molar refractivity (Wildman–Crippen MR) is 94.4 cm³/mol. The number of rotatable bonds is 6. The van der Waals surface area contributed by atoms with Crippen molar-refractivity contribution in [1.82, 2.24) is 5.32 Å². The van der Waals surface area contributed by atoms with E-state index in [-0.39, 0.29) is 24.4 Å². The van der Waals surface area contributed by atoms with E-state index in [1.807, 2.05) is 6.92 Å². The first-order valence-electron chi connectivity index (χ1n) is 7.82. The van der Waals surface area contributed by atoms with Gasteiger partial charge in [-0.3, -0.25) is 4.79 Å². The molecule has 3 amide bonds. The average molecular weight is 345 g/mol. The smallest absolute Gasteiger partial charge is 0.319 e. The van der Waals surface area contributed by atoms with Crippen LogP contribution in [-0.4, -0.2) is 25.1 Å². The summed E-state index contributed by atoms with van der Waals surface area (Å²) in [4.78, 5) is 23.7. The van der Waals surface area contributed by atoms with E-state index in [2.05, 4.69) is 16.0 Å². The molecule has 0 radical (unpaired) electrons. The Morgan fingerprint density at radius 2 is 1.68 bits per heavy atom. The van der Waals surface area contributed by atoms with Crippen LogP contribution in [0.1, 0.15) is 12.5 Å². The Hall–Kier alpha value is -3.09. The van der Waals surface area contributed by atoms with Gasteiger partial charge in [0.05, 0.1) is 0 Å². The maximum absolute atomic E-state index is 12.8. The van der Waals surface area contributed by atoms with Crippen molar-refractivity contribution in [2.24, 2.45) is 0 Å². The van der Waals surface area contributed by atoms with E-state index in [0.29, 0.717) is 23.7 Å². The van der Waals surface area contributed by atoms with Gasteiger partial charge < -0.3 is 20.7 Å². The lowest BCUT2D eigenvalue weighted by atomic mass is 10.1. The van der Waals surface area contributed by atoms with Crippen LogP contribution in [0.25, 0.3) is 0 Å². The van der Waals surface area contributed by atoms with Gasteiger partial charge in [-0.25, -0.2) is 9.18 Å². The van der Waals surface area contributed by atoms with Gasteiger partial charge in [0, 0.05) is 17.9 Å². The summed E-state index contributed by atoms with van der Waals surface area (Å²) in [6.45, 7) is 3.92. The summed E-state index contributed by atoms with van der Waals surface area (Å²) in [5, 5.41) is 8.09. The van der Waals surface area contributed by atoms with E-state index in [9.17, 15) is 14.0 Å². The molecule has 2 aromatic rings. The summed E-state index contributed by atoms with van der Waals surface area (Å²) in [7, 11) is 0. The molecule has 25 heavy (non-hydrogen) atoms. The number of carbonyl (C=O) groups is 2. The highest BCUT2D eigenvalue weighted by molar-refractivity contribution is 5.95. The lowest BCUT2D eigenvalue weighted by Crippen LogP contribution is -2.28. The van der Waals surface area contributed by atoms with Gasteiger partial charge in [0.15, 0.2) is 6.61 Å². The van der Waals surface area contributed by atoms with Crippen molar-refractivity contribution in [3.63, 3.8) is 0 Å². The number of carbonyl (C=O) groups excluding carboxylic acids is 2. The fourth-order valence-corrected chi connectivity index (χ4v) is 2.10. The maximum atomic E-state index is 12.8. The van der Waals surface area contributed by atoms with Crippen LogP contribution in [0.2, 0.25) is 0 Å². The molecule has 0 saturated carbocycles. The van der Waals surface area contributed by atoms with Crippen molar-refractivity contribution in [2.45, 2.75) is 13.8 Å². The lowest BCUT2D eigenvalue weighted by Gasteiger charge is -2.14. The first kappa shape index (κ1) is 18.3. The molecule has 0 bridgehead atoms. The Bertz CT molecular complexity index is 748. The van der Waals surface area contributed by atoms with E-state index in [1.54, 1.807) is 25.1 Å². The summed E-state index contributed by atoms with van der Waals surface area (Å²) < 4.78 is 18.1. The van der Waals surface area contributed by atoms with Crippen molar-refractivity contribution in [3.05, 3.63) is 53.8 Å². The second kappa shape index (κ2) is 8.68. The summed E-state index contributed by atoms with van der Waals surface area (Å²) in [5.41, 5.74) is 1.90. The topological polar surface area (TPSA) is 79.5 Å². The highest BCUT2D eigenvalue weighted by atomic mass is 19.1. The van der Waals surface area contributed by atoms with E-state index in [4.69, 9.17) is 4.74 Å². The molecule has 2 aromatic carbocycles. The van der Waals surface area contributed by atoms with Crippen LogP contribution in [0, 0.1) is 12.7 Å². The Balaban J connectivity index is 1.95. The Morgan fingerprint density at radius 3 is 2.32 bits per heavy atom. The largest absolute Gasteiger partial charge is 0.484 e. The molecular weight excluding hydrogens is 325 g/mol. The number of anilines is 2. The first-order chi connectivity index (χ1) is 12.0. The number of ether oxygens (including phenoxy) is 1. The Kier molecular flexibility index (Phi) is 6.33.